The molecule has 27 heavy (non-hydrogen) atoms. The van der Waals surface area contributed by atoms with Gasteiger partial charge in [0.15, 0.2) is 0 Å². The van der Waals surface area contributed by atoms with Gasteiger partial charge in [-0.1, -0.05) is 38.1 Å². The summed E-state index contributed by atoms with van der Waals surface area (Å²) in [6, 6.07) is 17.3. The van der Waals surface area contributed by atoms with Crippen molar-refractivity contribution in [1.29, 1.82) is 0 Å². The van der Waals surface area contributed by atoms with Crippen LogP contribution in [0.3, 0.4) is 0 Å². The maximum absolute atomic E-state index is 12.6. The summed E-state index contributed by atoms with van der Waals surface area (Å²) >= 11 is 0. The molecule has 0 fully saturated rings. The third kappa shape index (κ3) is 4.94. The molecule has 0 aliphatic rings. The topological polar surface area (TPSA) is 80.0 Å². The van der Waals surface area contributed by atoms with Crippen LogP contribution < -0.4 is 10.6 Å². The van der Waals surface area contributed by atoms with E-state index in [-0.39, 0.29) is 11.9 Å². The second-order valence-electron chi connectivity index (χ2n) is 6.78. The molecular formula is C21H24N4O2. The fourth-order valence-corrected chi connectivity index (χ4v) is 2.71. The van der Waals surface area contributed by atoms with E-state index in [1.165, 1.54) is 0 Å². The average Bonchev–Trinajstić information content (AvgIpc) is 3.12. The normalized spacial score (nSPS) is 12.0. The summed E-state index contributed by atoms with van der Waals surface area (Å²) in [7, 11) is 0. The summed E-state index contributed by atoms with van der Waals surface area (Å²) in [6.07, 6.45) is 0. The van der Waals surface area contributed by atoms with Gasteiger partial charge in [0, 0.05) is 36.3 Å². The number of nitrogens with zero attached hydrogens (tertiary/aromatic N) is 2. The van der Waals surface area contributed by atoms with Gasteiger partial charge in [0.1, 0.15) is 0 Å². The maximum atomic E-state index is 12.6. The van der Waals surface area contributed by atoms with Crippen LogP contribution in [0.5, 0.6) is 0 Å². The Balaban J connectivity index is 1.65. The van der Waals surface area contributed by atoms with Crippen molar-refractivity contribution in [3.63, 3.8) is 0 Å². The number of nitrogens with one attached hydrogen (secondary N) is 2. The number of anilines is 1. The molecule has 6 nitrogen and oxygen atoms in total. The highest BCUT2D eigenvalue weighted by atomic mass is 16.4. The first-order valence-electron chi connectivity index (χ1n) is 9.03. The van der Waals surface area contributed by atoms with Crippen LogP contribution in [0.4, 0.5) is 5.69 Å². The van der Waals surface area contributed by atoms with Crippen LogP contribution in [0.25, 0.3) is 11.5 Å². The molecule has 1 heterocycles. The van der Waals surface area contributed by atoms with Gasteiger partial charge < -0.3 is 15.1 Å². The van der Waals surface area contributed by atoms with Gasteiger partial charge in [-0.15, -0.1) is 10.2 Å². The SMILES string of the molecule is Cc1nnc(-c2cccc(C(=O)NCC(Nc3ccccc3)C(C)C)c2)o1. The Kier molecular flexibility index (Phi) is 5.86. The molecule has 2 aromatic carbocycles. The zero-order chi connectivity index (χ0) is 19.2. The minimum atomic E-state index is -0.131. The van der Waals surface area contributed by atoms with Gasteiger partial charge in [0.25, 0.3) is 5.91 Å². The Morgan fingerprint density at radius 2 is 1.85 bits per heavy atom. The van der Waals surface area contributed by atoms with Crippen molar-refractivity contribution in [3.8, 4) is 11.5 Å². The van der Waals surface area contributed by atoms with Crippen molar-refractivity contribution in [3.05, 3.63) is 66.1 Å². The van der Waals surface area contributed by atoms with Crippen LogP contribution in [0.1, 0.15) is 30.1 Å². The average molecular weight is 364 g/mol. The minimum Gasteiger partial charge on any atom is -0.421 e. The number of carbonyl (C=O) groups is 1. The van der Waals surface area contributed by atoms with E-state index in [0.29, 0.717) is 29.8 Å². The van der Waals surface area contributed by atoms with E-state index < -0.39 is 0 Å². The van der Waals surface area contributed by atoms with Crippen LogP contribution in [-0.4, -0.2) is 28.7 Å². The van der Waals surface area contributed by atoms with Crippen LogP contribution in [0, 0.1) is 12.8 Å². The fourth-order valence-electron chi connectivity index (χ4n) is 2.71. The molecule has 140 valence electrons. The lowest BCUT2D eigenvalue weighted by Crippen LogP contribution is -2.39. The zero-order valence-electron chi connectivity index (χ0n) is 15.8. The number of hydrogen-bond acceptors (Lipinski definition) is 5. The number of benzene rings is 2. The van der Waals surface area contributed by atoms with Gasteiger partial charge in [0.05, 0.1) is 0 Å². The maximum Gasteiger partial charge on any atom is 0.251 e. The predicted octanol–water partition coefficient (Wildman–Crippen LogP) is 3.91. The summed E-state index contributed by atoms with van der Waals surface area (Å²) in [5.41, 5.74) is 2.33. The van der Waals surface area contributed by atoms with Crippen molar-refractivity contribution >= 4 is 11.6 Å². The number of aromatic nitrogens is 2. The lowest BCUT2D eigenvalue weighted by Gasteiger charge is -2.24. The highest BCUT2D eigenvalue weighted by Gasteiger charge is 2.16. The van der Waals surface area contributed by atoms with Gasteiger partial charge in [-0.25, -0.2) is 0 Å². The Morgan fingerprint density at radius 3 is 2.52 bits per heavy atom. The number of aryl methyl sites for hydroxylation is 1. The summed E-state index contributed by atoms with van der Waals surface area (Å²) in [5.74, 6) is 1.13. The predicted molar refractivity (Wildman–Crippen MR) is 105 cm³/mol. The van der Waals surface area contributed by atoms with Crippen molar-refractivity contribution in [2.75, 3.05) is 11.9 Å². The third-order valence-electron chi connectivity index (χ3n) is 4.31. The van der Waals surface area contributed by atoms with Crippen LogP contribution >= 0.6 is 0 Å². The summed E-state index contributed by atoms with van der Waals surface area (Å²) < 4.78 is 5.44. The highest BCUT2D eigenvalue weighted by Crippen LogP contribution is 2.19. The molecule has 0 bridgehead atoms. The lowest BCUT2D eigenvalue weighted by molar-refractivity contribution is 0.0950. The second-order valence-corrected chi connectivity index (χ2v) is 6.78. The minimum absolute atomic E-state index is 0.123. The van der Waals surface area contributed by atoms with Crippen molar-refractivity contribution in [2.45, 2.75) is 26.8 Å². The van der Waals surface area contributed by atoms with E-state index >= 15 is 0 Å². The summed E-state index contributed by atoms with van der Waals surface area (Å²) in [4.78, 5) is 12.6. The molecule has 3 rings (SSSR count). The van der Waals surface area contributed by atoms with E-state index in [2.05, 4.69) is 34.7 Å². The third-order valence-corrected chi connectivity index (χ3v) is 4.31. The molecule has 3 aromatic rings. The van der Waals surface area contributed by atoms with Crippen LogP contribution in [0.15, 0.2) is 59.0 Å². The standard InChI is InChI=1S/C21H24N4O2/c1-14(2)19(23-18-10-5-4-6-11-18)13-22-20(26)16-8-7-9-17(12-16)21-25-24-15(3)27-21/h4-12,14,19,23H,13H2,1-3H3,(H,22,26). The van der Waals surface area contributed by atoms with E-state index in [1.807, 2.05) is 42.5 Å². The highest BCUT2D eigenvalue weighted by molar-refractivity contribution is 5.95. The first-order valence-corrected chi connectivity index (χ1v) is 9.03. The molecule has 1 aromatic heterocycles. The number of carbonyl (C=O) groups excluding carboxylic acids is 1. The molecule has 0 saturated heterocycles. The monoisotopic (exact) mass is 364 g/mol. The van der Waals surface area contributed by atoms with Gasteiger partial charge in [-0.05, 0) is 36.2 Å². The second kappa shape index (κ2) is 8.49. The van der Waals surface area contributed by atoms with E-state index in [0.717, 1.165) is 11.3 Å². The molecule has 1 amide bonds. The number of amides is 1. The quantitative estimate of drug-likeness (QED) is 0.664. The van der Waals surface area contributed by atoms with Crippen LogP contribution in [0.2, 0.25) is 0 Å². The molecule has 0 aliphatic heterocycles. The first kappa shape index (κ1) is 18.6. The van der Waals surface area contributed by atoms with Gasteiger partial charge in [0.2, 0.25) is 11.8 Å². The van der Waals surface area contributed by atoms with Crippen molar-refractivity contribution < 1.29 is 9.21 Å². The van der Waals surface area contributed by atoms with Crippen molar-refractivity contribution in [1.82, 2.24) is 15.5 Å². The molecule has 1 unspecified atom stereocenters. The van der Waals surface area contributed by atoms with Gasteiger partial charge in [-0.3, -0.25) is 4.79 Å². The molecule has 1 atom stereocenters. The Hall–Kier alpha value is -3.15. The van der Waals surface area contributed by atoms with Gasteiger partial charge in [-0.2, -0.15) is 0 Å². The fraction of sp³-hybridized carbons (Fsp3) is 0.286. The Bertz CT molecular complexity index is 890. The molecule has 0 spiro atoms. The lowest BCUT2D eigenvalue weighted by atomic mass is 10.0. The Morgan fingerprint density at radius 1 is 1.07 bits per heavy atom. The van der Waals surface area contributed by atoms with E-state index in [9.17, 15) is 4.79 Å². The number of rotatable bonds is 7. The molecule has 0 aliphatic carbocycles. The zero-order valence-corrected chi connectivity index (χ0v) is 15.8. The van der Waals surface area contributed by atoms with Crippen LogP contribution in [-0.2, 0) is 0 Å². The molecule has 2 N–H and O–H groups in total. The summed E-state index contributed by atoms with van der Waals surface area (Å²) in [5, 5.41) is 14.3. The van der Waals surface area contributed by atoms with Crippen molar-refractivity contribution in [2.24, 2.45) is 5.92 Å². The number of hydrogen-bond donors (Lipinski definition) is 2. The van der Waals surface area contributed by atoms with E-state index in [1.54, 1.807) is 19.1 Å². The smallest absolute Gasteiger partial charge is 0.251 e. The van der Waals surface area contributed by atoms with Gasteiger partial charge >= 0.3 is 0 Å². The molecular weight excluding hydrogens is 340 g/mol. The van der Waals surface area contributed by atoms with E-state index in [4.69, 9.17) is 4.42 Å². The number of para-hydroxylation sites is 1. The Labute approximate surface area is 159 Å². The molecule has 6 heteroatoms. The first-order chi connectivity index (χ1) is 13.0. The summed E-state index contributed by atoms with van der Waals surface area (Å²) in [6.45, 7) is 6.52. The largest absolute Gasteiger partial charge is 0.421 e. The molecule has 0 radical (unpaired) electrons. The molecule has 0 saturated carbocycles.